The van der Waals surface area contributed by atoms with E-state index in [0.29, 0.717) is 28.4 Å². The van der Waals surface area contributed by atoms with Crippen molar-refractivity contribution >= 4 is 5.78 Å². The molecule has 5 aliphatic carbocycles. The molecular weight excluding hydrogens is 320 g/mol. The Morgan fingerprint density at radius 3 is 2.46 bits per heavy atom. The molecule has 5 aliphatic rings. The Balaban J connectivity index is 1.56. The molecule has 5 saturated carbocycles. The number of rotatable bonds is 2. The number of aliphatic hydroxyl groups excluding tert-OH is 1. The van der Waals surface area contributed by atoms with Crippen molar-refractivity contribution in [2.24, 2.45) is 45.8 Å². The lowest BCUT2D eigenvalue weighted by atomic mass is 9.55. The molecule has 2 heteroatoms. The minimum absolute atomic E-state index is 0.0171. The zero-order valence-electron chi connectivity index (χ0n) is 17.1. The maximum absolute atomic E-state index is 13.2. The lowest BCUT2D eigenvalue weighted by molar-refractivity contribution is -0.134. The van der Waals surface area contributed by atoms with Crippen LogP contribution >= 0.6 is 0 Å². The number of fused-ring (bicyclic) bond motifs is 3. The second-order valence-electron chi connectivity index (χ2n) is 11.1. The summed E-state index contributed by atoms with van der Waals surface area (Å²) in [4.78, 5) is 13.2. The first-order valence-corrected chi connectivity index (χ1v) is 11.6. The average Bonchev–Trinajstić information content (AvgIpc) is 3.12. The van der Waals surface area contributed by atoms with Crippen molar-refractivity contribution in [1.29, 1.82) is 0 Å². The Kier molecular flexibility index (Phi) is 3.80. The topological polar surface area (TPSA) is 37.3 Å². The molecule has 146 valence electrons. The summed E-state index contributed by atoms with van der Waals surface area (Å²) in [6.07, 6.45) is 13.5. The second kappa shape index (κ2) is 5.58. The molecule has 0 aromatic heterocycles. The Hall–Kier alpha value is -0.370. The number of carbonyl (C=O) groups excluding carboxylic acids is 1. The third-order valence-corrected chi connectivity index (χ3v) is 10.9. The summed E-state index contributed by atoms with van der Waals surface area (Å²) in [5, 5.41) is 10.3. The van der Waals surface area contributed by atoms with Crippen LogP contribution in [0.2, 0.25) is 0 Å². The van der Waals surface area contributed by atoms with Crippen molar-refractivity contribution in [1.82, 2.24) is 0 Å². The van der Waals surface area contributed by atoms with Crippen LogP contribution < -0.4 is 0 Å². The lowest BCUT2D eigenvalue weighted by Gasteiger charge is -2.50. The molecule has 0 aromatic carbocycles. The van der Waals surface area contributed by atoms with Gasteiger partial charge in [0.05, 0.1) is 6.10 Å². The normalized spacial score (nSPS) is 58.0. The van der Waals surface area contributed by atoms with Crippen LogP contribution in [-0.4, -0.2) is 17.0 Å². The van der Waals surface area contributed by atoms with E-state index in [1.807, 2.05) is 6.92 Å². The van der Waals surface area contributed by atoms with Gasteiger partial charge in [0.25, 0.3) is 0 Å². The standard InChI is InChI=1S/C24H38O2/c1-4-16-7-12-24-20-6-5-17-13-19(26)9-10-22(17,3)18(14-21(20)24)8-11-23(16,24)15(2)25/h16-21,26H,4-14H2,1-3H3/t16?,17-,18-,19+,20?,21?,22-,23-,24-/m0/s1. The molecule has 3 unspecified atom stereocenters. The van der Waals surface area contributed by atoms with Gasteiger partial charge in [0.15, 0.2) is 0 Å². The zero-order valence-corrected chi connectivity index (χ0v) is 17.1. The maximum atomic E-state index is 13.2. The molecule has 0 saturated heterocycles. The highest BCUT2D eigenvalue weighted by molar-refractivity contribution is 5.85. The predicted octanol–water partition coefficient (Wildman–Crippen LogP) is 5.38. The largest absolute Gasteiger partial charge is 0.393 e. The molecular formula is C24H38O2. The summed E-state index contributed by atoms with van der Waals surface area (Å²) >= 11 is 0. The number of ketones is 1. The van der Waals surface area contributed by atoms with Crippen LogP contribution in [0, 0.1) is 45.8 Å². The Bertz CT molecular complexity index is 613. The van der Waals surface area contributed by atoms with Crippen molar-refractivity contribution in [3.8, 4) is 0 Å². The summed E-state index contributed by atoms with van der Waals surface area (Å²) in [7, 11) is 0. The van der Waals surface area contributed by atoms with E-state index in [1.54, 1.807) is 0 Å². The fourth-order valence-electron chi connectivity index (χ4n) is 9.70. The van der Waals surface area contributed by atoms with E-state index in [-0.39, 0.29) is 11.5 Å². The first kappa shape index (κ1) is 17.7. The highest BCUT2D eigenvalue weighted by Gasteiger charge is 2.79. The van der Waals surface area contributed by atoms with Crippen LogP contribution in [0.15, 0.2) is 0 Å². The first-order valence-electron chi connectivity index (χ1n) is 11.6. The number of hydrogen-bond acceptors (Lipinski definition) is 2. The van der Waals surface area contributed by atoms with Gasteiger partial charge in [-0.3, -0.25) is 4.79 Å². The predicted molar refractivity (Wildman–Crippen MR) is 104 cm³/mol. The van der Waals surface area contributed by atoms with Crippen molar-refractivity contribution in [3.63, 3.8) is 0 Å². The first-order chi connectivity index (χ1) is 12.4. The molecule has 5 fully saturated rings. The van der Waals surface area contributed by atoms with Gasteiger partial charge >= 0.3 is 0 Å². The molecule has 0 aromatic rings. The summed E-state index contributed by atoms with van der Waals surface area (Å²) in [6, 6.07) is 0. The Morgan fingerprint density at radius 1 is 0.962 bits per heavy atom. The van der Waals surface area contributed by atoms with Gasteiger partial charge in [-0.2, -0.15) is 0 Å². The van der Waals surface area contributed by atoms with E-state index in [9.17, 15) is 9.90 Å². The summed E-state index contributed by atoms with van der Waals surface area (Å²) in [6.45, 7) is 6.83. The van der Waals surface area contributed by atoms with Crippen LogP contribution in [0.25, 0.3) is 0 Å². The van der Waals surface area contributed by atoms with E-state index in [4.69, 9.17) is 0 Å². The van der Waals surface area contributed by atoms with E-state index in [1.165, 1.54) is 57.8 Å². The molecule has 26 heavy (non-hydrogen) atoms. The van der Waals surface area contributed by atoms with Crippen molar-refractivity contribution in [2.45, 2.75) is 97.5 Å². The van der Waals surface area contributed by atoms with Crippen LogP contribution in [0.1, 0.15) is 91.4 Å². The molecule has 0 amide bonds. The quantitative estimate of drug-likeness (QED) is 0.720. The molecule has 2 bridgehead atoms. The van der Waals surface area contributed by atoms with Crippen LogP contribution in [0.5, 0.6) is 0 Å². The van der Waals surface area contributed by atoms with Gasteiger partial charge in [-0.25, -0.2) is 0 Å². The zero-order chi connectivity index (χ0) is 18.3. The molecule has 0 heterocycles. The maximum Gasteiger partial charge on any atom is 0.136 e. The van der Waals surface area contributed by atoms with Gasteiger partial charge in [0.2, 0.25) is 0 Å². The summed E-state index contributed by atoms with van der Waals surface area (Å²) in [5.74, 6) is 4.32. The van der Waals surface area contributed by atoms with E-state index < -0.39 is 0 Å². The van der Waals surface area contributed by atoms with Gasteiger partial charge in [-0.05, 0) is 112 Å². The smallest absolute Gasteiger partial charge is 0.136 e. The number of Topliss-reactive ketones (excluding diaryl/α,β-unsaturated/α-hetero) is 1. The molecule has 1 N–H and O–H groups in total. The number of aliphatic hydroxyl groups is 1. The Morgan fingerprint density at radius 2 is 1.73 bits per heavy atom. The van der Waals surface area contributed by atoms with Gasteiger partial charge in [0.1, 0.15) is 5.78 Å². The highest BCUT2D eigenvalue weighted by atomic mass is 16.3. The molecule has 9 atom stereocenters. The van der Waals surface area contributed by atoms with E-state index in [2.05, 4.69) is 13.8 Å². The van der Waals surface area contributed by atoms with Gasteiger partial charge in [-0.15, -0.1) is 0 Å². The number of carbonyl (C=O) groups is 1. The minimum Gasteiger partial charge on any atom is -0.393 e. The fraction of sp³-hybridized carbons (Fsp3) is 0.958. The SMILES string of the molecule is CCC1CC[C@@]23C4CC[C@H]5C[C@H](O)CC[C@]5(C)[C@@H](CC[C@]12C(C)=O)CC43. The fourth-order valence-corrected chi connectivity index (χ4v) is 9.70. The number of hydrogen-bond donors (Lipinski definition) is 1. The van der Waals surface area contributed by atoms with Crippen LogP contribution in [-0.2, 0) is 4.79 Å². The third-order valence-electron chi connectivity index (χ3n) is 10.9. The van der Waals surface area contributed by atoms with Crippen LogP contribution in [0.3, 0.4) is 0 Å². The highest BCUT2D eigenvalue weighted by Crippen LogP contribution is 2.83. The monoisotopic (exact) mass is 358 g/mol. The van der Waals surface area contributed by atoms with E-state index >= 15 is 0 Å². The summed E-state index contributed by atoms with van der Waals surface area (Å²) < 4.78 is 0. The van der Waals surface area contributed by atoms with Crippen molar-refractivity contribution in [2.75, 3.05) is 0 Å². The Labute approximate surface area is 159 Å². The molecule has 0 aliphatic heterocycles. The van der Waals surface area contributed by atoms with Gasteiger partial charge in [0, 0.05) is 5.41 Å². The van der Waals surface area contributed by atoms with Gasteiger partial charge < -0.3 is 5.11 Å². The average molecular weight is 359 g/mol. The molecule has 1 spiro atoms. The molecule has 2 nitrogen and oxygen atoms in total. The van der Waals surface area contributed by atoms with Crippen molar-refractivity contribution in [3.05, 3.63) is 0 Å². The summed E-state index contributed by atoms with van der Waals surface area (Å²) in [5.41, 5.74) is 0.798. The van der Waals surface area contributed by atoms with Crippen molar-refractivity contribution < 1.29 is 9.90 Å². The van der Waals surface area contributed by atoms with Crippen LogP contribution in [0.4, 0.5) is 0 Å². The lowest BCUT2D eigenvalue weighted by Crippen LogP contribution is -2.45. The second-order valence-corrected chi connectivity index (χ2v) is 11.1. The molecule has 0 radical (unpaired) electrons. The minimum atomic E-state index is -0.0627. The van der Waals surface area contributed by atoms with E-state index in [0.717, 1.165) is 30.6 Å². The van der Waals surface area contributed by atoms with Gasteiger partial charge in [-0.1, -0.05) is 20.3 Å². The third kappa shape index (κ3) is 1.91. The molecule has 5 rings (SSSR count).